The molecule has 1 amide bonds. The summed E-state index contributed by atoms with van der Waals surface area (Å²) in [5, 5.41) is 12.2. The first-order chi connectivity index (χ1) is 18.7. The minimum Gasteiger partial charge on any atom is -0.478 e. The van der Waals surface area contributed by atoms with Crippen LogP contribution in [0.25, 0.3) is 0 Å². The normalized spacial score (nSPS) is 16.9. The number of amides is 1. The highest BCUT2D eigenvalue weighted by Gasteiger charge is 2.37. The Balaban J connectivity index is 1.31. The van der Waals surface area contributed by atoms with E-state index in [1.54, 1.807) is 12.1 Å². The van der Waals surface area contributed by atoms with Crippen molar-refractivity contribution in [2.24, 2.45) is 0 Å². The molecular weight excluding hydrogens is 568 g/mol. The summed E-state index contributed by atoms with van der Waals surface area (Å²) in [6, 6.07) is 10.5. The van der Waals surface area contributed by atoms with E-state index in [1.165, 1.54) is 36.5 Å². The number of ether oxygens (including phenoxy) is 3. The van der Waals surface area contributed by atoms with E-state index in [2.05, 4.69) is 10.3 Å². The number of nitrogens with zero attached hydrogens (tertiary/aromatic N) is 1. The van der Waals surface area contributed by atoms with Gasteiger partial charge in [0.2, 0.25) is 5.06 Å². The second kappa shape index (κ2) is 11.6. The maximum atomic E-state index is 13.4. The van der Waals surface area contributed by atoms with Crippen LogP contribution in [-0.4, -0.2) is 55.0 Å². The van der Waals surface area contributed by atoms with Gasteiger partial charge in [-0.2, -0.15) is 0 Å². The molecule has 0 bridgehead atoms. The molecule has 2 fully saturated rings. The van der Waals surface area contributed by atoms with Crippen LogP contribution in [0, 0.1) is 0 Å². The third kappa shape index (κ3) is 6.59. The summed E-state index contributed by atoms with van der Waals surface area (Å²) >= 11 is 7.07. The number of aromatic nitrogens is 1. The van der Waals surface area contributed by atoms with E-state index in [1.807, 2.05) is 0 Å². The fraction of sp³-hybridized carbons (Fsp3) is 0.346. The average Bonchev–Trinajstić information content (AvgIpc) is 3.70. The number of carbonyl (C=O) groups is 2. The summed E-state index contributed by atoms with van der Waals surface area (Å²) < 4.78 is 42.5. The van der Waals surface area contributed by atoms with E-state index >= 15 is 0 Å². The highest BCUT2D eigenvalue weighted by atomic mass is 35.5. The van der Waals surface area contributed by atoms with E-state index in [0.29, 0.717) is 55.3 Å². The summed E-state index contributed by atoms with van der Waals surface area (Å²) in [6.07, 6.45) is 2.84. The van der Waals surface area contributed by atoms with Crippen molar-refractivity contribution in [2.45, 2.75) is 48.0 Å². The predicted molar refractivity (Wildman–Crippen MR) is 144 cm³/mol. The lowest BCUT2D eigenvalue weighted by molar-refractivity contribution is -0.136. The molecule has 0 radical (unpaired) electrons. The number of carboxylic acids is 1. The molecule has 1 aliphatic carbocycles. The van der Waals surface area contributed by atoms with Crippen molar-refractivity contribution in [3.8, 4) is 10.8 Å². The Bertz CT molecular complexity index is 1470. The summed E-state index contributed by atoms with van der Waals surface area (Å²) in [5.41, 5.74) is 0.477. The zero-order chi connectivity index (χ0) is 27.6. The average molecular weight is 593 g/mol. The second-order valence-electron chi connectivity index (χ2n) is 9.16. The zero-order valence-electron chi connectivity index (χ0n) is 20.5. The topological polar surface area (TPSA) is 141 Å². The van der Waals surface area contributed by atoms with Crippen LogP contribution < -0.4 is 10.1 Å². The lowest BCUT2D eigenvalue weighted by Gasteiger charge is -2.27. The molecule has 39 heavy (non-hydrogen) atoms. The second-order valence-corrected chi connectivity index (χ2v) is 12.8. The Morgan fingerprint density at radius 2 is 1.82 bits per heavy atom. The molecule has 2 aromatic carbocycles. The maximum Gasteiger partial charge on any atom is 0.337 e. The number of sulfone groups is 1. The standard InChI is InChI=1S/C26H25ClN2O8S2/c27-21-13-17(3-8-20(21)25(31)32)36-22-14-28-26(38-22)29-24(30)23(37-16-9-11-35-12-10-16)15-1-4-18(5-2-15)39(33,34)19-6-7-19/h1-5,8,13-14,16,19,23H,6-7,9-12H2,(H,31,32)(H,28,29,30). The Kier molecular flexibility index (Phi) is 8.19. The number of halogens is 1. The van der Waals surface area contributed by atoms with Crippen molar-refractivity contribution in [1.82, 2.24) is 4.98 Å². The number of anilines is 1. The van der Waals surface area contributed by atoms with Crippen molar-refractivity contribution in [3.63, 3.8) is 0 Å². The zero-order valence-corrected chi connectivity index (χ0v) is 22.9. The molecule has 206 valence electrons. The molecule has 1 saturated heterocycles. The monoisotopic (exact) mass is 592 g/mol. The van der Waals surface area contributed by atoms with Gasteiger partial charge in [0.25, 0.3) is 5.91 Å². The van der Waals surface area contributed by atoms with Gasteiger partial charge in [-0.25, -0.2) is 18.2 Å². The molecule has 3 aromatic rings. The number of carbonyl (C=O) groups excluding carboxylic acids is 1. The quantitative estimate of drug-likeness (QED) is 0.329. The Morgan fingerprint density at radius 3 is 2.46 bits per heavy atom. The number of nitrogens with one attached hydrogen (secondary N) is 1. The SMILES string of the molecule is O=C(O)c1ccc(Oc2cnc(NC(=O)C(OC3CCOCC3)c3ccc(S(=O)(=O)C4CC4)cc3)s2)cc1Cl. The van der Waals surface area contributed by atoms with E-state index in [-0.39, 0.29) is 32.0 Å². The number of rotatable bonds is 10. The first kappa shape index (κ1) is 27.5. The van der Waals surface area contributed by atoms with Crippen LogP contribution in [0.5, 0.6) is 10.8 Å². The summed E-state index contributed by atoms with van der Waals surface area (Å²) in [5.74, 6) is -1.30. The Morgan fingerprint density at radius 1 is 1.10 bits per heavy atom. The van der Waals surface area contributed by atoms with Crippen molar-refractivity contribution in [2.75, 3.05) is 18.5 Å². The largest absolute Gasteiger partial charge is 0.478 e. The van der Waals surface area contributed by atoms with Crippen molar-refractivity contribution >= 4 is 49.8 Å². The fourth-order valence-electron chi connectivity index (χ4n) is 4.08. The molecule has 2 N–H and O–H groups in total. The molecule has 1 aromatic heterocycles. The summed E-state index contributed by atoms with van der Waals surface area (Å²) in [6.45, 7) is 1.06. The van der Waals surface area contributed by atoms with Gasteiger partial charge in [0, 0.05) is 19.3 Å². The van der Waals surface area contributed by atoms with Gasteiger partial charge in [-0.05, 0) is 55.5 Å². The third-order valence-corrected chi connectivity index (χ3v) is 9.70. The molecule has 1 aliphatic heterocycles. The van der Waals surface area contributed by atoms with Gasteiger partial charge in [-0.3, -0.25) is 10.1 Å². The van der Waals surface area contributed by atoms with Gasteiger partial charge in [-0.1, -0.05) is 35.1 Å². The highest BCUT2D eigenvalue weighted by molar-refractivity contribution is 7.92. The molecular formula is C26H25ClN2O8S2. The molecule has 0 spiro atoms. The summed E-state index contributed by atoms with van der Waals surface area (Å²) in [4.78, 5) is 29.0. The molecule has 5 rings (SSSR count). The lowest BCUT2D eigenvalue weighted by Crippen LogP contribution is -2.31. The van der Waals surface area contributed by atoms with Crippen molar-refractivity contribution in [3.05, 3.63) is 64.8 Å². The molecule has 1 atom stereocenters. The van der Waals surface area contributed by atoms with Gasteiger partial charge in [0.15, 0.2) is 21.1 Å². The van der Waals surface area contributed by atoms with Gasteiger partial charge < -0.3 is 19.3 Å². The Labute approximate surface area is 233 Å². The van der Waals surface area contributed by atoms with E-state index < -0.39 is 27.8 Å². The first-order valence-corrected chi connectivity index (χ1v) is 15.0. The van der Waals surface area contributed by atoms with Crippen LogP contribution in [0.1, 0.15) is 47.7 Å². The number of carboxylic acid groups (broad SMARTS) is 1. The number of benzene rings is 2. The molecule has 13 heteroatoms. The number of aromatic carboxylic acids is 1. The van der Waals surface area contributed by atoms with Crippen molar-refractivity contribution < 1.29 is 37.3 Å². The third-order valence-electron chi connectivity index (χ3n) is 6.31. The molecule has 1 saturated carbocycles. The van der Waals surface area contributed by atoms with Crippen molar-refractivity contribution in [1.29, 1.82) is 0 Å². The maximum absolute atomic E-state index is 13.4. The van der Waals surface area contributed by atoms with E-state index in [9.17, 15) is 18.0 Å². The van der Waals surface area contributed by atoms with Gasteiger partial charge in [-0.15, -0.1) is 0 Å². The highest BCUT2D eigenvalue weighted by Crippen LogP contribution is 2.35. The number of hydrogen-bond acceptors (Lipinski definition) is 9. The Hall–Kier alpha value is -3.03. The lowest BCUT2D eigenvalue weighted by atomic mass is 10.1. The minimum atomic E-state index is -3.35. The molecule has 2 heterocycles. The molecule has 10 nitrogen and oxygen atoms in total. The van der Waals surface area contributed by atoms with Gasteiger partial charge in [0.1, 0.15) is 5.75 Å². The van der Waals surface area contributed by atoms with Gasteiger partial charge >= 0.3 is 5.97 Å². The molecule has 2 aliphatic rings. The van der Waals surface area contributed by atoms with Crippen LogP contribution in [0.3, 0.4) is 0 Å². The summed E-state index contributed by atoms with van der Waals surface area (Å²) in [7, 11) is -3.35. The van der Waals surface area contributed by atoms with E-state index in [4.69, 9.17) is 30.9 Å². The number of hydrogen-bond donors (Lipinski definition) is 2. The molecule has 1 unspecified atom stereocenters. The van der Waals surface area contributed by atoms with Crippen LogP contribution in [0.15, 0.2) is 53.6 Å². The number of thiazole rings is 1. The predicted octanol–water partition coefficient (Wildman–Crippen LogP) is 5.10. The first-order valence-electron chi connectivity index (χ1n) is 12.2. The smallest absolute Gasteiger partial charge is 0.337 e. The fourth-order valence-corrected chi connectivity index (χ4v) is 6.68. The van der Waals surface area contributed by atoms with Crippen LogP contribution in [0.4, 0.5) is 5.13 Å². The van der Waals surface area contributed by atoms with Gasteiger partial charge in [0.05, 0.1) is 33.0 Å². The van der Waals surface area contributed by atoms with Crippen LogP contribution in [0.2, 0.25) is 5.02 Å². The minimum absolute atomic E-state index is 0.0297. The van der Waals surface area contributed by atoms with Crippen LogP contribution >= 0.6 is 22.9 Å². The van der Waals surface area contributed by atoms with Crippen LogP contribution in [-0.2, 0) is 24.1 Å². The van der Waals surface area contributed by atoms with E-state index in [0.717, 1.165) is 11.3 Å².